The third-order valence-electron chi connectivity index (χ3n) is 2.27. The van der Waals surface area contributed by atoms with Crippen LogP contribution in [0.1, 0.15) is 12.6 Å². The minimum Gasteiger partial charge on any atom is -0.323 e. The molecule has 0 saturated carbocycles. The molecule has 2 heterocycles. The molecule has 19 heavy (non-hydrogen) atoms. The second kappa shape index (κ2) is 5.14. The molecule has 7 nitrogen and oxygen atoms in total. The van der Waals surface area contributed by atoms with Crippen LogP contribution in [0.3, 0.4) is 0 Å². The van der Waals surface area contributed by atoms with Crippen LogP contribution in [0.25, 0.3) is 0 Å². The van der Waals surface area contributed by atoms with Crippen LogP contribution in [0.2, 0.25) is 5.15 Å². The quantitative estimate of drug-likeness (QED) is 0.656. The first-order valence-electron chi connectivity index (χ1n) is 5.44. The third-order valence-corrected chi connectivity index (χ3v) is 3.31. The maximum absolute atomic E-state index is 11.4. The first kappa shape index (κ1) is 13.8. The highest BCUT2D eigenvalue weighted by atomic mass is 35.5. The summed E-state index contributed by atoms with van der Waals surface area (Å²) in [5.74, 6) is 0.806. The molecule has 2 aromatic heterocycles. The summed E-state index contributed by atoms with van der Waals surface area (Å²) in [7, 11) is -3.51. The van der Waals surface area contributed by atoms with E-state index in [-0.39, 0.29) is 16.1 Å². The summed E-state index contributed by atoms with van der Waals surface area (Å²) in [6, 6.07) is 3.23. The average Bonchev–Trinajstić information content (AvgIpc) is 2.75. The average molecular weight is 302 g/mol. The lowest BCUT2D eigenvalue weighted by molar-refractivity contribution is 0.593. The zero-order valence-electron chi connectivity index (χ0n) is 10.3. The maximum Gasteiger partial charge on any atom is 0.250 e. The largest absolute Gasteiger partial charge is 0.323 e. The second-order valence-electron chi connectivity index (χ2n) is 3.89. The molecule has 0 spiro atoms. The number of nitrogens with one attached hydrogen (secondary N) is 2. The number of H-pyrrole nitrogens is 1. The minimum atomic E-state index is -3.51. The molecule has 0 aromatic carbocycles. The van der Waals surface area contributed by atoms with E-state index in [1.165, 1.54) is 6.07 Å². The van der Waals surface area contributed by atoms with Gasteiger partial charge in [-0.05, 0) is 6.42 Å². The Bertz CT molecular complexity index is 698. The molecule has 2 N–H and O–H groups in total. The molecule has 0 unspecified atom stereocenters. The highest BCUT2D eigenvalue weighted by Gasteiger charge is 2.14. The van der Waals surface area contributed by atoms with Gasteiger partial charge in [0.15, 0.2) is 5.82 Å². The SMILES string of the molecule is CCc1cc(Nc2cc(Cl)nc(S(C)(=O)=O)n2)n[nH]1. The molecule has 9 heteroatoms. The molecule has 0 amide bonds. The van der Waals surface area contributed by atoms with E-state index in [9.17, 15) is 8.42 Å². The van der Waals surface area contributed by atoms with Crippen molar-refractivity contribution < 1.29 is 8.42 Å². The predicted molar refractivity (Wildman–Crippen MR) is 71.4 cm³/mol. The molecule has 102 valence electrons. The van der Waals surface area contributed by atoms with Crippen LogP contribution in [0.5, 0.6) is 0 Å². The van der Waals surface area contributed by atoms with Crippen LogP contribution >= 0.6 is 11.6 Å². The number of hydrogen-bond acceptors (Lipinski definition) is 6. The van der Waals surface area contributed by atoms with Crippen molar-refractivity contribution >= 4 is 33.1 Å². The highest BCUT2D eigenvalue weighted by Crippen LogP contribution is 2.18. The molecule has 0 radical (unpaired) electrons. The summed E-state index contributed by atoms with van der Waals surface area (Å²) in [5.41, 5.74) is 0.950. The standard InChI is InChI=1S/C10H12ClN5O2S/c1-3-6-4-9(16-15-6)13-8-5-7(11)12-10(14-8)19(2,17)18/h4-5H,3H2,1-2H3,(H2,12,13,14,15,16). The van der Waals surface area contributed by atoms with Crippen molar-refractivity contribution in [2.45, 2.75) is 18.5 Å². The molecule has 0 fully saturated rings. The van der Waals surface area contributed by atoms with Gasteiger partial charge in [0.2, 0.25) is 15.0 Å². The number of aromatic amines is 1. The molecular formula is C10H12ClN5O2S. The Labute approximate surface area is 115 Å². The summed E-state index contributed by atoms with van der Waals surface area (Å²) in [6.45, 7) is 1.99. The monoisotopic (exact) mass is 301 g/mol. The fourth-order valence-corrected chi connectivity index (χ4v) is 2.13. The summed E-state index contributed by atoms with van der Waals surface area (Å²) >= 11 is 5.77. The fourth-order valence-electron chi connectivity index (χ4n) is 1.36. The topological polar surface area (TPSA) is 101 Å². The van der Waals surface area contributed by atoms with Gasteiger partial charge in [-0.1, -0.05) is 18.5 Å². The molecular weight excluding hydrogens is 290 g/mol. The summed E-state index contributed by atoms with van der Waals surface area (Å²) in [4.78, 5) is 7.55. The number of nitrogens with zero attached hydrogens (tertiary/aromatic N) is 3. The van der Waals surface area contributed by atoms with Crippen molar-refractivity contribution in [2.24, 2.45) is 0 Å². The Balaban J connectivity index is 2.32. The van der Waals surface area contributed by atoms with Gasteiger partial charge in [0.05, 0.1) is 0 Å². The van der Waals surface area contributed by atoms with E-state index in [2.05, 4.69) is 25.5 Å². The summed E-state index contributed by atoms with van der Waals surface area (Å²) in [6.07, 6.45) is 1.83. The zero-order valence-corrected chi connectivity index (χ0v) is 11.9. The molecule has 0 atom stereocenters. The molecule has 2 aromatic rings. The maximum atomic E-state index is 11.4. The van der Waals surface area contributed by atoms with Gasteiger partial charge in [0, 0.05) is 24.1 Å². The van der Waals surface area contributed by atoms with Crippen molar-refractivity contribution in [1.29, 1.82) is 0 Å². The molecule has 0 bridgehead atoms. The van der Waals surface area contributed by atoms with E-state index in [1.54, 1.807) is 6.07 Å². The van der Waals surface area contributed by atoms with Crippen molar-refractivity contribution in [2.75, 3.05) is 11.6 Å². The van der Waals surface area contributed by atoms with Crippen LogP contribution in [-0.2, 0) is 16.3 Å². The lowest BCUT2D eigenvalue weighted by atomic mass is 10.3. The summed E-state index contributed by atoms with van der Waals surface area (Å²) < 4.78 is 22.8. The summed E-state index contributed by atoms with van der Waals surface area (Å²) in [5, 5.41) is 9.43. The lowest BCUT2D eigenvalue weighted by Crippen LogP contribution is -2.06. The minimum absolute atomic E-state index is 0.0455. The molecule has 0 aliphatic heterocycles. The Kier molecular flexibility index (Phi) is 3.72. The number of anilines is 2. The Morgan fingerprint density at radius 3 is 2.63 bits per heavy atom. The Hall–Kier alpha value is -1.67. The van der Waals surface area contributed by atoms with E-state index in [0.717, 1.165) is 18.4 Å². The Morgan fingerprint density at radius 2 is 2.05 bits per heavy atom. The fraction of sp³-hybridized carbons (Fsp3) is 0.300. The van der Waals surface area contributed by atoms with Gasteiger partial charge in [-0.2, -0.15) is 5.10 Å². The smallest absolute Gasteiger partial charge is 0.250 e. The first-order chi connectivity index (χ1) is 8.88. The van der Waals surface area contributed by atoms with E-state index in [1.807, 2.05) is 6.92 Å². The van der Waals surface area contributed by atoms with E-state index >= 15 is 0 Å². The van der Waals surface area contributed by atoms with Gasteiger partial charge in [-0.15, -0.1) is 0 Å². The van der Waals surface area contributed by atoms with E-state index in [4.69, 9.17) is 11.6 Å². The number of hydrogen-bond donors (Lipinski definition) is 2. The first-order valence-corrected chi connectivity index (χ1v) is 7.71. The van der Waals surface area contributed by atoms with Crippen molar-refractivity contribution in [3.05, 3.63) is 23.0 Å². The van der Waals surface area contributed by atoms with Crippen molar-refractivity contribution in [3.8, 4) is 0 Å². The van der Waals surface area contributed by atoms with Gasteiger partial charge in [-0.25, -0.2) is 18.4 Å². The molecule has 0 aliphatic carbocycles. The van der Waals surface area contributed by atoms with Gasteiger partial charge in [0.1, 0.15) is 11.0 Å². The van der Waals surface area contributed by atoms with Crippen LogP contribution in [-0.4, -0.2) is 34.8 Å². The van der Waals surface area contributed by atoms with Crippen LogP contribution in [0.15, 0.2) is 17.3 Å². The zero-order chi connectivity index (χ0) is 14.0. The van der Waals surface area contributed by atoms with Crippen molar-refractivity contribution in [1.82, 2.24) is 20.2 Å². The van der Waals surface area contributed by atoms with Gasteiger partial charge >= 0.3 is 0 Å². The molecule has 2 rings (SSSR count). The normalized spacial score (nSPS) is 11.5. The second-order valence-corrected chi connectivity index (χ2v) is 6.18. The lowest BCUT2D eigenvalue weighted by Gasteiger charge is -2.04. The number of halogens is 1. The Morgan fingerprint density at radius 1 is 1.32 bits per heavy atom. The number of sulfone groups is 1. The highest BCUT2D eigenvalue weighted by molar-refractivity contribution is 7.90. The van der Waals surface area contributed by atoms with E-state index < -0.39 is 9.84 Å². The van der Waals surface area contributed by atoms with Crippen LogP contribution < -0.4 is 5.32 Å². The van der Waals surface area contributed by atoms with Crippen molar-refractivity contribution in [3.63, 3.8) is 0 Å². The van der Waals surface area contributed by atoms with Gasteiger partial charge < -0.3 is 5.32 Å². The van der Waals surface area contributed by atoms with Crippen LogP contribution in [0.4, 0.5) is 11.6 Å². The number of aromatic nitrogens is 4. The molecule has 0 saturated heterocycles. The number of rotatable bonds is 4. The predicted octanol–water partition coefficient (Wildman–Crippen LogP) is 1.56. The van der Waals surface area contributed by atoms with Gasteiger partial charge in [-0.3, -0.25) is 5.10 Å². The van der Waals surface area contributed by atoms with E-state index in [0.29, 0.717) is 5.82 Å². The van der Waals surface area contributed by atoms with Crippen LogP contribution in [0, 0.1) is 0 Å². The molecule has 0 aliphatic rings. The van der Waals surface area contributed by atoms with Gasteiger partial charge in [0.25, 0.3) is 0 Å². The third kappa shape index (κ3) is 3.42. The number of aryl methyl sites for hydroxylation is 1.